The molecule has 0 bridgehead atoms. The van der Waals surface area contributed by atoms with Gasteiger partial charge in [0, 0.05) is 43.1 Å². The normalized spacial score (nSPS) is 14.7. The van der Waals surface area contributed by atoms with Crippen molar-refractivity contribution in [1.29, 1.82) is 0 Å². The van der Waals surface area contributed by atoms with Crippen LogP contribution in [0.25, 0.3) is 0 Å². The lowest BCUT2D eigenvalue weighted by atomic mass is 10.2. The third kappa shape index (κ3) is 3.56. The van der Waals surface area contributed by atoms with Crippen molar-refractivity contribution in [3.05, 3.63) is 53.2 Å². The number of aromatic nitrogens is 1. The summed E-state index contributed by atoms with van der Waals surface area (Å²) >= 11 is 6.09. The molecule has 0 spiro atoms. The van der Waals surface area contributed by atoms with Crippen LogP contribution in [0.2, 0.25) is 5.02 Å². The van der Waals surface area contributed by atoms with E-state index >= 15 is 0 Å². The summed E-state index contributed by atoms with van der Waals surface area (Å²) in [4.78, 5) is 20.8. The Bertz CT molecular complexity index is 684. The molecule has 1 aromatic carbocycles. The van der Waals surface area contributed by atoms with Crippen LogP contribution < -0.4 is 10.2 Å². The van der Waals surface area contributed by atoms with Crippen LogP contribution in [0.5, 0.6) is 0 Å². The van der Waals surface area contributed by atoms with Crippen molar-refractivity contribution in [3.63, 3.8) is 0 Å². The Morgan fingerprint density at radius 3 is 2.61 bits per heavy atom. The number of nitrogens with zero attached hydrogens (tertiary/aromatic N) is 3. The van der Waals surface area contributed by atoms with E-state index in [9.17, 15) is 4.79 Å². The summed E-state index contributed by atoms with van der Waals surface area (Å²) in [5.74, 6) is 0.957. The molecule has 0 unspecified atom stereocenters. The fourth-order valence-corrected chi connectivity index (χ4v) is 2.79. The van der Waals surface area contributed by atoms with Gasteiger partial charge in [0.25, 0.3) is 0 Å². The van der Waals surface area contributed by atoms with Crippen LogP contribution in [-0.4, -0.2) is 42.1 Å². The molecular weight excluding hydrogens is 312 g/mol. The first kappa shape index (κ1) is 15.6. The van der Waals surface area contributed by atoms with Gasteiger partial charge in [-0.15, -0.1) is 0 Å². The quantitative estimate of drug-likeness (QED) is 0.918. The first-order valence-corrected chi connectivity index (χ1v) is 8.00. The van der Waals surface area contributed by atoms with Gasteiger partial charge in [-0.05, 0) is 36.8 Å². The highest BCUT2D eigenvalue weighted by Crippen LogP contribution is 2.23. The molecule has 6 heteroatoms. The van der Waals surface area contributed by atoms with Gasteiger partial charge < -0.3 is 15.1 Å². The lowest BCUT2D eigenvalue weighted by Crippen LogP contribution is -2.50. The highest BCUT2D eigenvalue weighted by atomic mass is 35.5. The van der Waals surface area contributed by atoms with Gasteiger partial charge in [-0.1, -0.05) is 23.7 Å². The summed E-state index contributed by atoms with van der Waals surface area (Å²) in [6.07, 6.45) is 1.79. The predicted molar refractivity (Wildman–Crippen MR) is 93.2 cm³/mol. The van der Waals surface area contributed by atoms with Crippen LogP contribution in [0.1, 0.15) is 5.56 Å². The predicted octanol–water partition coefficient (Wildman–Crippen LogP) is 3.40. The number of pyridine rings is 1. The number of amides is 2. The molecule has 3 rings (SSSR count). The van der Waals surface area contributed by atoms with Crippen LogP contribution >= 0.6 is 11.6 Å². The Labute approximate surface area is 140 Å². The Hall–Kier alpha value is -2.27. The summed E-state index contributed by atoms with van der Waals surface area (Å²) in [6.45, 7) is 4.79. The molecule has 1 saturated heterocycles. The number of piperazine rings is 1. The Morgan fingerprint density at radius 2 is 1.91 bits per heavy atom. The average Bonchev–Trinajstić information content (AvgIpc) is 2.60. The molecule has 23 heavy (non-hydrogen) atoms. The molecule has 1 fully saturated rings. The van der Waals surface area contributed by atoms with Crippen molar-refractivity contribution in [2.75, 3.05) is 36.4 Å². The Kier molecular flexibility index (Phi) is 4.67. The molecule has 120 valence electrons. The summed E-state index contributed by atoms with van der Waals surface area (Å²) in [6, 6.07) is 11.3. The molecule has 0 saturated carbocycles. The zero-order valence-corrected chi connectivity index (χ0v) is 13.8. The van der Waals surface area contributed by atoms with E-state index in [1.165, 1.54) is 0 Å². The van der Waals surface area contributed by atoms with Crippen LogP contribution in [0.4, 0.5) is 16.3 Å². The first-order valence-electron chi connectivity index (χ1n) is 7.62. The number of anilines is 2. The van der Waals surface area contributed by atoms with E-state index in [-0.39, 0.29) is 6.03 Å². The third-order valence-corrected chi connectivity index (χ3v) is 4.46. The number of halogens is 1. The molecule has 2 heterocycles. The summed E-state index contributed by atoms with van der Waals surface area (Å²) in [7, 11) is 0. The van der Waals surface area contributed by atoms with Gasteiger partial charge >= 0.3 is 6.03 Å². The molecule has 0 atom stereocenters. The second-order valence-electron chi connectivity index (χ2n) is 5.50. The van der Waals surface area contributed by atoms with E-state index in [2.05, 4.69) is 15.2 Å². The van der Waals surface area contributed by atoms with E-state index < -0.39 is 0 Å². The number of benzene rings is 1. The smallest absolute Gasteiger partial charge is 0.321 e. The maximum absolute atomic E-state index is 12.4. The molecule has 2 aromatic rings. The minimum absolute atomic E-state index is 0.0870. The van der Waals surface area contributed by atoms with Crippen LogP contribution in [0.15, 0.2) is 42.6 Å². The molecule has 0 radical (unpaired) electrons. The number of nitrogens with one attached hydrogen (secondary N) is 1. The van der Waals surface area contributed by atoms with Crippen molar-refractivity contribution in [2.45, 2.75) is 6.92 Å². The van der Waals surface area contributed by atoms with Crippen LogP contribution in [-0.2, 0) is 0 Å². The van der Waals surface area contributed by atoms with Gasteiger partial charge in [-0.2, -0.15) is 0 Å². The topological polar surface area (TPSA) is 48.5 Å². The van der Waals surface area contributed by atoms with Crippen molar-refractivity contribution in [1.82, 2.24) is 9.88 Å². The minimum atomic E-state index is -0.0870. The number of hydrogen-bond acceptors (Lipinski definition) is 3. The fourth-order valence-electron chi connectivity index (χ4n) is 2.62. The van der Waals surface area contributed by atoms with Crippen LogP contribution in [0.3, 0.4) is 0 Å². The SMILES string of the molecule is Cc1c(Cl)cccc1NC(=O)N1CCN(c2ccccn2)CC1. The van der Waals surface area contributed by atoms with Crippen molar-refractivity contribution >= 4 is 29.1 Å². The number of urea groups is 1. The number of hydrogen-bond donors (Lipinski definition) is 1. The Balaban J connectivity index is 1.59. The highest BCUT2D eigenvalue weighted by Gasteiger charge is 2.22. The van der Waals surface area contributed by atoms with Crippen molar-refractivity contribution in [2.24, 2.45) is 0 Å². The van der Waals surface area contributed by atoms with Crippen molar-refractivity contribution < 1.29 is 4.79 Å². The maximum atomic E-state index is 12.4. The lowest BCUT2D eigenvalue weighted by Gasteiger charge is -2.35. The zero-order chi connectivity index (χ0) is 16.2. The first-order chi connectivity index (χ1) is 11.1. The highest BCUT2D eigenvalue weighted by molar-refractivity contribution is 6.31. The van der Waals surface area contributed by atoms with Gasteiger partial charge in [-0.3, -0.25) is 0 Å². The fraction of sp³-hybridized carbons (Fsp3) is 0.294. The van der Waals surface area contributed by atoms with Gasteiger partial charge in [0.2, 0.25) is 0 Å². The Morgan fingerprint density at radius 1 is 1.13 bits per heavy atom. The third-order valence-electron chi connectivity index (χ3n) is 4.05. The molecule has 2 amide bonds. The largest absolute Gasteiger partial charge is 0.353 e. The molecule has 1 aliphatic heterocycles. The number of carbonyl (C=O) groups is 1. The molecule has 0 aliphatic carbocycles. The van der Waals surface area contributed by atoms with E-state index in [1.807, 2.05) is 48.2 Å². The zero-order valence-electron chi connectivity index (χ0n) is 13.0. The molecule has 1 N–H and O–H groups in total. The van der Waals surface area contributed by atoms with E-state index in [4.69, 9.17) is 11.6 Å². The lowest BCUT2D eigenvalue weighted by molar-refractivity contribution is 0.208. The van der Waals surface area contributed by atoms with Crippen LogP contribution in [0, 0.1) is 6.92 Å². The van der Waals surface area contributed by atoms with E-state index in [1.54, 1.807) is 6.20 Å². The molecule has 1 aromatic heterocycles. The van der Waals surface area contributed by atoms with Crippen molar-refractivity contribution in [3.8, 4) is 0 Å². The summed E-state index contributed by atoms with van der Waals surface area (Å²) in [5.41, 5.74) is 1.64. The molecule has 1 aliphatic rings. The standard InChI is InChI=1S/C17H19ClN4O/c1-13-14(18)5-4-6-15(13)20-17(23)22-11-9-21(10-12-22)16-7-2-3-8-19-16/h2-8H,9-12H2,1H3,(H,20,23). The summed E-state index contributed by atoms with van der Waals surface area (Å²) in [5, 5.41) is 3.60. The van der Waals surface area contributed by atoms with Gasteiger partial charge in [0.1, 0.15) is 5.82 Å². The van der Waals surface area contributed by atoms with Gasteiger partial charge in [-0.25, -0.2) is 9.78 Å². The second kappa shape index (κ2) is 6.87. The molecular formula is C17H19ClN4O. The van der Waals surface area contributed by atoms with E-state index in [0.717, 1.165) is 30.2 Å². The maximum Gasteiger partial charge on any atom is 0.321 e. The molecule has 5 nitrogen and oxygen atoms in total. The monoisotopic (exact) mass is 330 g/mol. The van der Waals surface area contributed by atoms with Gasteiger partial charge in [0.05, 0.1) is 0 Å². The minimum Gasteiger partial charge on any atom is -0.353 e. The van der Waals surface area contributed by atoms with Gasteiger partial charge in [0.15, 0.2) is 0 Å². The summed E-state index contributed by atoms with van der Waals surface area (Å²) < 4.78 is 0. The second-order valence-corrected chi connectivity index (χ2v) is 5.91. The van der Waals surface area contributed by atoms with E-state index in [0.29, 0.717) is 18.1 Å². The average molecular weight is 331 g/mol. The number of rotatable bonds is 2. The number of carbonyl (C=O) groups excluding carboxylic acids is 1.